The van der Waals surface area contributed by atoms with Crippen molar-refractivity contribution in [2.75, 3.05) is 10.6 Å². The molecule has 2 aromatic rings. The maximum absolute atomic E-state index is 12.5. The molecule has 0 saturated heterocycles. The molecule has 7 heteroatoms. The van der Waals surface area contributed by atoms with Crippen molar-refractivity contribution >= 4 is 27.3 Å². The number of benzene rings is 2. The summed E-state index contributed by atoms with van der Waals surface area (Å²) < 4.78 is 27.0. The standard InChI is InChI=1S/C18H21N3O3S/c1-11(2)13-5-7-14(8-6-13)19-18(22)17-20-15-10-12(3)4-9-16(15)25(23,24)21-17/h4-11,17,20-21H,1-3H3,(H,19,22). The van der Waals surface area contributed by atoms with Gasteiger partial charge in [-0.05, 0) is 48.2 Å². The first-order chi connectivity index (χ1) is 11.8. The molecule has 0 aliphatic carbocycles. The van der Waals surface area contributed by atoms with Gasteiger partial charge in [0.2, 0.25) is 10.0 Å². The van der Waals surface area contributed by atoms with Gasteiger partial charge in [-0.25, -0.2) is 8.42 Å². The minimum Gasteiger partial charge on any atom is -0.360 e. The number of amides is 1. The number of aryl methyl sites for hydroxylation is 1. The van der Waals surface area contributed by atoms with Crippen molar-refractivity contribution in [3.05, 3.63) is 53.6 Å². The largest absolute Gasteiger partial charge is 0.360 e. The van der Waals surface area contributed by atoms with E-state index in [1.54, 1.807) is 12.1 Å². The number of carbonyl (C=O) groups excluding carboxylic acids is 1. The molecule has 3 rings (SSSR count). The Morgan fingerprint density at radius 2 is 1.80 bits per heavy atom. The molecule has 0 aromatic heterocycles. The van der Waals surface area contributed by atoms with Gasteiger partial charge < -0.3 is 10.6 Å². The predicted octanol–water partition coefficient (Wildman–Crippen LogP) is 2.79. The third-order valence-electron chi connectivity index (χ3n) is 4.10. The van der Waals surface area contributed by atoms with Crippen LogP contribution in [0.3, 0.4) is 0 Å². The summed E-state index contributed by atoms with van der Waals surface area (Å²) in [6, 6.07) is 12.5. The normalized spacial score (nSPS) is 18.3. The zero-order valence-electron chi connectivity index (χ0n) is 14.3. The first-order valence-corrected chi connectivity index (χ1v) is 9.55. The second kappa shape index (κ2) is 6.50. The van der Waals surface area contributed by atoms with E-state index < -0.39 is 22.1 Å². The molecular formula is C18H21N3O3S. The summed E-state index contributed by atoms with van der Waals surface area (Å²) in [6.07, 6.45) is -1.07. The Morgan fingerprint density at radius 3 is 2.44 bits per heavy atom. The molecule has 1 amide bonds. The van der Waals surface area contributed by atoms with Gasteiger partial charge in [-0.15, -0.1) is 0 Å². The van der Waals surface area contributed by atoms with Crippen molar-refractivity contribution in [3.63, 3.8) is 0 Å². The van der Waals surface area contributed by atoms with Gasteiger partial charge in [-0.3, -0.25) is 4.79 Å². The number of hydrogen-bond donors (Lipinski definition) is 3. The number of fused-ring (bicyclic) bond motifs is 1. The average Bonchev–Trinajstić information content (AvgIpc) is 2.54. The molecule has 3 N–H and O–H groups in total. The van der Waals surface area contributed by atoms with Gasteiger partial charge in [-0.2, -0.15) is 4.72 Å². The van der Waals surface area contributed by atoms with Gasteiger partial charge in [0.25, 0.3) is 5.91 Å². The zero-order chi connectivity index (χ0) is 18.2. The molecule has 0 bridgehead atoms. The van der Waals surface area contributed by atoms with Crippen LogP contribution in [0.2, 0.25) is 0 Å². The van der Waals surface area contributed by atoms with Crippen LogP contribution in [0.4, 0.5) is 11.4 Å². The lowest BCUT2D eigenvalue weighted by Gasteiger charge is -2.27. The summed E-state index contributed by atoms with van der Waals surface area (Å²) in [6.45, 7) is 6.05. The van der Waals surface area contributed by atoms with Crippen molar-refractivity contribution in [2.45, 2.75) is 37.8 Å². The van der Waals surface area contributed by atoms with Crippen LogP contribution in [0.5, 0.6) is 0 Å². The summed E-state index contributed by atoms with van der Waals surface area (Å²) in [5.41, 5.74) is 3.12. The van der Waals surface area contributed by atoms with E-state index in [-0.39, 0.29) is 4.90 Å². The molecule has 0 radical (unpaired) electrons. The Bertz CT molecular complexity index is 906. The van der Waals surface area contributed by atoms with E-state index in [4.69, 9.17) is 0 Å². The Hall–Kier alpha value is -2.38. The first kappa shape index (κ1) is 17.4. The van der Waals surface area contributed by atoms with Crippen molar-refractivity contribution in [2.24, 2.45) is 0 Å². The first-order valence-electron chi connectivity index (χ1n) is 8.06. The average molecular weight is 359 g/mol. The summed E-state index contributed by atoms with van der Waals surface area (Å²) >= 11 is 0. The number of sulfonamides is 1. The minimum absolute atomic E-state index is 0.142. The number of carbonyl (C=O) groups is 1. The minimum atomic E-state index is -3.74. The van der Waals surface area contributed by atoms with Gasteiger partial charge >= 0.3 is 0 Å². The van der Waals surface area contributed by atoms with Crippen molar-refractivity contribution in [1.82, 2.24) is 4.72 Å². The van der Waals surface area contributed by atoms with Crippen LogP contribution in [0, 0.1) is 6.92 Å². The van der Waals surface area contributed by atoms with Crippen molar-refractivity contribution in [1.29, 1.82) is 0 Å². The monoisotopic (exact) mass is 359 g/mol. The predicted molar refractivity (Wildman–Crippen MR) is 98.1 cm³/mol. The molecule has 0 saturated carbocycles. The maximum Gasteiger partial charge on any atom is 0.262 e. The number of anilines is 2. The van der Waals surface area contributed by atoms with E-state index in [2.05, 4.69) is 29.2 Å². The lowest BCUT2D eigenvalue weighted by atomic mass is 10.0. The van der Waals surface area contributed by atoms with E-state index >= 15 is 0 Å². The zero-order valence-corrected chi connectivity index (χ0v) is 15.1. The molecule has 0 spiro atoms. The maximum atomic E-state index is 12.5. The number of nitrogens with one attached hydrogen (secondary N) is 3. The van der Waals surface area contributed by atoms with Crippen LogP contribution in [0.1, 0.15) is 30.9 Å². The third-order valence-corrected chi connectivity index (χ3v) is 5.59. The Morgan fingerprint density at radius 1 is 1.12 bits per heavy atom. The summed E-state index contributed by atoms with van der Waals surface area (Å²) in [5.74, 6) is -0.0654. The fourth-order valence-electron chi connectivity index (χ4n) is 2.68. The molecule has 1 unspecified atom stereocenters. The molecule has 1 atom stereocenters. The van der Waals surface area contributed by atoms with Crippen LogP contribution < -0.4 is 15.4 Å². The molecule has 1 aliphatic heterocycles. The lowest BCUT2D eigenvalue weighted by molar-refractivity contribution is -0.117. The van der Waals surface area contributed by atoms with Gasteiger partial charge in [0.05, 0.1) is 5.69 Å². The topological polar surface area (TPSA) is 87.3 Å². The van der Waals surface area contributed by atoms with Crippen LogP contribution in [-0.2, 0) is 14.8 Å². The van der Waals surface area contributed by atoms with Crippen LogP contribution >= 0.6 is 0 Å². The second-order valence-electron chi connectivity index (χ2n) is 6.46. The summed E-state index contributed by atoms with van der Waals surface area (Å²) in [7, 11) is -3.74. The highest BCUT2D eigenvalue weighted by Crippen LogP contribution is 2.27. The molecule has 2 aromatic carbocycles. The number of rotatable bonds is 3. The molecular weight excluding hydrogens is 338 g/mol. The molecule has 1 aliphatic rings. The van der Waals surface area contributed by atoms with Gasteiger partial charge in [-0.1, -0.05) is 32.0 Å². The van der Waals surface area contributed by atoms with Crippen LogP contribution in [-0.4, -0.2) is 20.5 Å². The Labute approximate surface area is 147 Å². The molecule has 0 fully saturated rings. The van der Waals surface area contributed by atoms with E-state index in [1.807, 2.05) is 31.2 Å². The third kappa shape index (κ3) is 3.67. The molecule has 1 heterocycles. The van der Waals surface area contributed by atoms with E-state index in [0.717, 1.165) is 5.56 Å². The second-order valence-corrected chi connectivity index (χ2v) is 8.15. The van der Waals surface area contributed by atoms with E-state index in [0.29, 0.717) is 17.3 Å². The van der Waals surface area contributed by atoms with Crippen molar-refractivity contribution < 1.29 is 13.2 Å². The highest BCUT2D eigenvalue weighted by Gasteiger charge is 2.33. The van der Waals surface area contributed by atoms with E-state index in [9.17, 15) is 13.2 Å². The SMILES string of the molecule is Cc1ccc2c(c1)NC(C(=O)Nc1ccc(C(C)C)cc1)NS2(=O)=O. The molecule has 25 heavy (non-hydrogen) atoms. The fraction of sp³-hybridized carbons (Fsp3) is 0.278. The van der Waals surface area contributed by atoms with Gasteiger partial charge in [0, 0.05) is 5.69 Å². The highest BCUT2D eigenvalue weighted by molar-refractivity contribution is 7.89. The lowest BCUT2D eigenvalue weighted by Crippen LogP contribution is -2.51. The Balaban J connectivity index is 1.79. The fourth-order valence-corrected chi connectivity index (χ4v) is 3.94. The quantitative estimate of drug-likeness (QED) is 0.786. The van der Waals surface area contributed by atoms with Gasteiger partial charge in [0.1, 0.15) is 4.90 Å². The smallest absolute Gasteiger partial charge is 0.262 e. The number of hydrogen-bond acceptors (Lipinski definition) is 4. The summed E-state index contributed by atoms with van der Waals surface area (Å²) in [4.78, 5) is 12.6. The van der Waals surface area contributed by atoms with Crippen molar-refractivity contribution in [3.8, 4) is 0 Å². The van der Waals surface area contributed by atoms with Gasteiger partial charge in [0.15, 0.2) is 6.17 Å². The van der Waals surface area contributed by atoms with Crippen LogP contribution in [0.25, 0.3) is 0 Å². The molecule has 6 nitrogen and oxygen atoms in total. The molecule has 132 valence electrons. The van der Waals surface area contributed by atoms with Crippen LogP contribution in [0.15, 0.2) is 47.4 Å². The van der Waals surface area contributed by atoms with E-state index in [1.165, 1.54) is 11.6 Å². The Kier molecular flexibility index (Phi) is 4.53. The summed E-state index contributed by atoms with van der Waals surface area (Å²) in [5, 5.41) is 5.67. The highest BCUT2D eigenvalue weighted by atomic mass is 32.2.